The predicted octanol–water partition coefficient (Wildman–Crippen LogP) is 6.05. The summed E-state index contributed by atoms with van der Waals surface area (Å²) in [6.45, 7) is 3.71. The molecule has 4 aromatic rings. The zero-order valence-corrected chi connectivity index (χ0v) is 25.3. The zero-order valence-electron chi connectivity index (χ0n) is 22.9. The number of rotatable bonds is 11. The molecule has 0 aliphatic heterocycles. The van der Waals surface area contributed by atoms with Crippen molar-refractivity contribution >= 4 is 39.4 Å². The van der Waals surface area contributed by atoms with E-state index in [9.17, 15) is 22.0 Å². The number of hydrogen-bond donors (Lipinski definition) is 2. The SMILES string of the molecule is COc1cc(C(C)(C)c2cnc(SCc3ccc(C(=O)NCCS(=O)(=O)O)cc3F)n2-c2ccc(F)cc2)ccc1Cl. The van der Waals surface area contributed by atoms with Crippen molar-refractivity contribution in [3.05, 3.63) is 106 Å². The quantitative estimate of drug-likeness (QED) is 0.153. The van der Waals surface area contributed by atoms with Crippen LogP contribution in [-0.4, -0.2) is 47.8 Å². The lowest BCUT2D eigenvalue weighted by atomic mass is 9.81. The Kier molecular flexibility index (Phi) is 9.61. The Morgan fingerprint density at radius 2 is 1.83 bits per heavy atom. The van der Waals surface area contributed by atoms with Gasteiger partial charge in [-0.1, -0.05) is 49.3 Å². The second-order valence-electron chi connectivity index (χ2n) is 9.85. The van der Waals surface area contributed by atoms with Crippen molar-refractivity contribution in [2.75, 3.05) is 19.4 Å². The van der Waals surface area contributed by atoms with Gasteiger partial charge in [0.2, 0.25) is 0 Å². The van der Waals surface area contributed by atoms with E-state index in [0.717, 1.165) is 17.3 Å². The number of hydrogen-bond acceptors (Lipinski definition) is 6. The van der Waals surface area contributed by atoms with E-state index in [-0.39, 0.29) is 23.7 Å². The van der Waals surface area contributed by atoms with E-state index >= 15 is 0 Å². The van der Waals surface area contributed by atoms with Crippen LogP contribution in [0, 0.1) is 11.6 Å². The van der Waals surface area contributed by atoms with Gasteiger partial charge in [-0.05, 0) is 59.7 Å². The Balaban J connectivity index is 1.62. The lowest BCUT2D eigenvalue weighted by Crippen LogP contribution is -2.29. The number of benzene rings is 3. The number of amides is 1. The molecule has 2 N–H and O–H groups in total. The van der Waals surface area contributed by atoms with Crippen LogP contribution >= 0.6 is 23.4 Å². The van der Waals surface area contributed by atoms with Crippen LogP contribution in [0.5, 0.6) is 5.75 Å². The van der Waals surface area contributed by atoms with Crippen LogP contribution in [0.3, 0.4) is 0 Å². The lowest BCUT2D eigenvalue weighted by Gasteiger charge is -2.28. The minimum atomic E-state index is -4.23. The van der Waals surface area contributed by atoms with E-state index in [2.05, 4.69) is 10.3 Å². The molecule has 13 heteroatoms. The monoisotopic (exact) mass is 635 g/mol. The maximum absolute atomic E-state index is 15.0. The fourth-order valence-corrected chi connectivity index (χ4v) is 5.79. The van der Waals surface area contributed by atoms with Crippen LogP contribution in [0.2, 0.25) is 5.02 Å². The average Bonchev–Trinajstić information content (AvgIpc) is 3.37. The molecule has 0 spiro atoms. The van der Waals surface area contributed by atoms with Gasteiger partial charge in [0.15, 0.2) is 5.16 Å². The van der Waals surface area contributed by atoms with Crippen LogP contribution in [0.15, 0.2) is 72.0 Å². The molecule has 1 aromatic heterocycles. The third-order valence-corrected chi connectivity index (χ3v) is 8.68. The van der Waals surface area contributed by atoms with E-state index in [0.29, 0.717) is 27.2 Å². The topological polar surface area (TPSA) is 111 Å². The van der Waals surface area contributed by atoms with Gasteiger partial charge in [-0.25, -0.2) is 13.8 Å². The zero-order chi connectivity index (χ0) is 30.7. The van der Waals surface area contributed by atoms with Crippen LogP contribution in [0.4, 0.5) is 8.78 Å². The number of nitrogens with one attached hydrogen (secondary N) is 1. The van der Waals surface area contributed by atoms with E-state index in [4.69, 9.17) is 20.9 Å². The number of imidazole rings is 1. The number of halogens is 3. The van der Waals surface area contributed by atoms with Crippen LogP contribution in [0.1, 0.15) is 41.0 Å². The van der Waals surface area contributed by atoms with E-state index in [1.165, 1.54) is 43.1 Å². The molecule has 0 fully saturated rings. The van der Waals surface area contributed by atoms with Crippen molar-refractivity contribution in [2.24, 2.45) is 0 Å². The molecule has 4 rings (SSSR count). The Hall–Kier alpha value is -3.45. The number of aromatic nitrogens is 2. The largest absolute Gasteiger partial charge is 0.495 e. The van der Waals surface area contributed by atoms with Gasteiger partial charge in [-0.2, -0.15) is 8.42 Å². The van der Waals surface area contributed by atoms with Gasteiger partial charge in [-0.3, -0.25) is 13.9 Å². The maximum atomic E-state index is 15.0. The van der Waals surface area contributed by atoms with Crippen molar-refractivity contribution in [1.82, 2.24) is 14.9 Å². The summed E-state index contributed by atoms with van der Waals surface area (Å²) in [7, 11) is -2.69. The van der Waals surface area contributed by atoms with Gasteiger partial charge >= 0.3 is 0 Å². The molecule has 0 aliphatic rings. The van der Waals surface area contributed by atoms with Crippen molar-refractivity contribution < 1.29 is 31.3 Å². The van der Waals surface area contributed by atoms with Crippen molar-refractivity contribution in [1.29, 1.82) is 0 Å². The molecule has 0 unspecified atom stereocenters. The molecule has 0 saturated heterocycles. The van der Waals surface area contributed by atoms with Gasteiger partial charge in [-0.15, -0.1) is 0 Å². The molecule has 0 aliphatic carbocycles. The average molecular weight is 636 g/mol. The highest BCUT2D eigenvalue weighted by atomic mass is 35.5. The van der Waals surface area contributed by atoms with Crippen molar-refractivity contribution in [3.63, 3.8) is 0 Å². The summed E-state index contributed by atoms with van der Waals surface area (Å²) in [4.78, 5) is 16.9. The number of thioether (sulfide) groups is 1. The molecule has 42 heavy (non-hydrogen) atoms. The first-order chi connectivity index (χ1) is 19.8. The number of ether oxygens (including phenoxy) is 1. The minimum absolute atomic E-state index is 0.00632. The van der Waals surface area contributed by atoms with E-state index < -0.39 is 33.0 Å². The standard InChI is InChI=1S/C29H28ClF2N3O5S2/c1-29(2,20-6-11-23(30)25(15-20)40-3)26-16-34-28(35(26)22-9-7-21(31)8-10-22)41-17-19-5-4-18(14-24(19)32)27(36)33-12-13-42(37,38)39/h4-11,14-16H,12-13,17H2,1-3H3,(H,33,36)(H,37,38,39). The Labute approximate surface area is 251 Å². The Bertz CT molecular complexity index is 1710. The first kappa shape index (κ1) is 31.5. The highest BCUT2D eigenvalue weighted by Crippen LogP contribution is 2.39. The molecule has 1 heterocycles. The molecule has 8 nitrogen and oxygen atoms in total. The predicted molar refractivity (Wildman–Crippen MR) is 158 cm³/mol. The number of carbonyl (C=O) groups is 1. The molecular weight excluding hydrogens is 608 g/mol. The summed E-state index contributed by atoms with van der Waals surface area (Å²) in [6.07, 6.45) is 1.73. The van der Waals surface area contributed by atoms with Crippen LogP contribution in [0.25, 0.3) is 5.69 Å². The van der Waals surface area contributed by atoms with Crippen molar-refractivity contribution in [2.45, 2.75) is 30.2 Å². The lowest BCUT2D eigenvalue weighted by molar-refractivity contribution is 0.0955. The third kappa shape index (κ3) is 7.30. The highest BCUT2D eigenvalue weighted by Gasteiger charge is 2.30. The molecule has 0 radical (unpaired) electrons. The van der Waals surface area contributed by atoms with Gasteiger partial charge in [0, 0.05) is 29.0 Å². The molecule has 0 bridgehead atoms. The maximum Gasteiger partial charge on any atom is 0.266 e. The number of carbonyl (C=O) groups excluding carboxylic acids is 1. The summed E-state index contributed by atoms with van der Waals surface area (Å²) in [5.74, 6) is -1.64. The number of nitrogens with zero attached hydrogens (tertiary/aromatic N) is 2. The Morgan fingerprint density at radius 3 is 2.48 bits per heavy atom. The van der Waals surface area contributed by atoms with Gasteiger partial charge in [0.1, 0.15) is 17.4 Å². The van der Waals surface area contributed by atoms with Crippen LogP contribution in [-0.2, 0) is 21.3 Å². The molecule has 222 valence electrons. The summed E-state index contributed by atoms with van der Waals surface area (Å²) in [5, 5.41) is 3.34. The molecular formula is C29H28ClF2N3O5S2. The molecule has 1 amide bonds. The first-order valence-electron chi connectivity index (χ1n) is 12.6. The van der Waals surface area contributed by atoms with Gasteiger partial charge in [0.25, 0.3) is 16.0 Å². The summed E-state index contributed by atoms with van der Waals surface area (Å²) in [6, 6.07) is 15.4. The van der Waals surface area contributed by atoms with E-state index in [1.54, 1.807) is 24.4 Å². The fraction of sp³-hybridized carbons (Fsp3) is 0.241. The smallest absolute Gasteiger partial charge is 0.266 e. The molecule has 0 atom stereocenters. The second-order valence-corrected chi connectivity index (χ2v) is 12.8. The normalized spacial score (nSPS) is 11.9. The second kappa shape index (κ2) is 12.8. The minimum Gasteiger partial charge on any atom is -0.495 e. The molecule has 0 saturated carbocycles. The third-order valence-electron chi connectivity index (χ3n) is 6.65. The molecule has 3 aromatic carbocycles. The highest BCUT2D eigenvalue weighted by molar-refractivity contribution is 7.98. The summed E-state index contributed by atoms with van der Waals surface area (Å²) < 4.78 is 66.6. The first-order valence-corrected chi connectivity index (χ1v) is 15.6. The fourth-order valence-electron chi connectivity index (χ4n) is 4.26. The number of methoxy groups -OCH3 is 1. The summed E-state index contributed by atoms with van der Waals surface area (Å²) in [5.41, 5.74) is 2.07. The Morgan fingerprint density at radius 1 is 1.12 bits per heavy atom. The summed E-state index contributed by atoms with van der Waals surface area (Å²) >= 11 is 7.51. The van der Waals surface area contributed by atoms with Crippen LogP contribution < -0.4 is 10.1 Å². The van der Waals surface area contributed by atoms with Crippen molar-refractivity contribution in [3.8, 4) is 11.4 Å². The van der Waals surface area contributed by atoms with Gasteiger partial charge < -0.3 is 10.1 Å². The van der Waals surface area contributed by atoms with Gasteiger partial charge in [0.05, 0.1) is 29.8 Å². The van der Waals surface area contributed by atoms with E-state index in [1.807, 2.05) is 30.5 Å².